The van der Waals surface area contributed by atoms with E-state index in [-0.39, 0.29) is 14.4 Å². The van der Waals surface area contributed by atoms with E-state index >= 15 is 0 Å². The van der Waals surface area contributed by atoms with Crippen molar-refractivity contribution in [3.05, 3.63) is 71.5 Å². The van der Waals surface area contributed by atoms with Crippen molar-refractivity contribution in [2.24, 2.45) is 10.2 Å². The molecule has 2 aromatic heterocycles. The van der Waals surface area contributed by atoms with Crippen molar-refractivity contribution in [1.29, 1.82) is 0 Å². The van der Waals surface area contributed by atoms with Gasteiger partial charge in [0.25, 0.3) is 13.3 Å². The number of rotatable bonds is 11. The Bertz CT molecular complexity index is 1230. The van der Waals surface area contributed by atoms with Crippen LogP contribution in [0.3, 0.4) is 0 Å². The van der Waals surface area contributed by atoms with Crippen LogP contribution < -0.4 is 0 Å². The molecule has 0 aliphatic carbocycles. The average Bonchev–Trinajstić information content (AvgIpc) is 3.26. The Morgan fingerprint density at radius 2 is 1.09 bits per heavy atom. The Hall–Kier alpha value is -6.16. The Labute approximate surface area is 180 Å². The van der Waals surface area contributed by atoms with E-state index in [0.29, 0.717) is 0 Å². The van der Waals surface area contributed by atoms with Crippen molar-refractivity contribution < 1.29 is 24.7 Å². The lowest BCUT2D eigenvalue weighted by Gasteiger charge is -2.07. The molecular weight excluding hydrogens is 480 g/mol. The molecule has 0 fully saturated rings. The van der Waals surface area contributed by atoms with E-state index in [1.54, 1.807) is 0 Å². The Kier molecular flexibility index (Phi) is 6.61. The van der Waals surface area contributed by atoms with Gasteiger partial charge in [0.1, 0.15) is 0 Å². The maximum Gasteiger partial charge on any atom is 0.430 e. The van der Waals surface area contributed by atoms with Gasteiger partial charge in [0, 0.05) is 9.82 Å². The topological polar surface area (TPSA) is 352 Å². The summed E-state index contributed by atoms with van der Waals surface area (Å²) in [6.45, 7) is -2.65. The summed E-state index contributed by atoms with van der Waals surface area (Å²) in [5, 5.41) is 66.8. The summed E-state index contributed by atoms with van der Waals surface area (Å²) in [5.74, 6) is -5.35. The summed E-state index contributed by atoms with van der Waals surface area (Å²) in [6.07, 6.45) is 0. The van der Waals surface area contributed by atoms with Crippen LogP contribution in [0.1, 0.15) is 0 Å². The summed E-state index contributed by atoms with van der Waals surface area (Å²) >= 11 is 0. The first-order valence-electron chi connectivity index (χ1n) is 7.73. The molecule has 26 heteroatoms. The average molecular weight is 484 g/mol. The quantitative estimate of drug-likeness (QED) is 0.144. The zero-order chi connectivity index (χ0) is 25.7. The van der Waals surface area contributed by atoms with Crippen LogP contribution in [0.25, 0.3) is 20.9 Å². The van der Waals surface area contributed by atoms with Gasteiger partial charge in [-0.2, -0.15) is 0 Å². The van der Waals surface area contributed by atoms with E-state index in [1.165, 1.54) is 0 Å². The van der Waals surface area contributed by atoms with Crippen LogP contribution in [-0.4, -0.2) is 49.3 Å². The lowest BCUT2D eigenvalue weighted by Crippen LogP contribution is -2.35. The molecular formula is C8H4N16O10. The van der Waals surface area contributed by atoms with Crippen LogP contribution in [0.2, 0.25) is 0 Å². The number of hydrogen-bond donors (Lipinski definition) is 0. The Balaban J connectivity index is 2.65. The zero-order valence-electron chi connectivity index (χ0n) is 15.7. The van der Waals surface area contributed by atoms with Crippen molar-refractivity contribution in [2.45, 2.75) is 13.3 Å². The third-order valence-electron chi connectivity index (χ3n) is 3.57. The molecule has 0 aliphatic heterocycles. The fourth-order valence-corrected chi connectivity index (χ4v) is 2.39. The highest BCUT2D eigenvalue weighted by Gasteiger charge is 2.42. The minimum Gasteiger partial charge on any atom is -0.358 e. The van der Waals surface area contributed by atoms with Gasteiger partial charge in [0.05, 0.1) is 0 Å². The second kappa shape index (κ2) is 9.32. The number of nitro groups is 5. The summed E-state index contributed by atoms with van der Waals surface area (Å²) < 4.78 is 0.145. The van der Waals surface area contributed by atoms with Crippen LogP contribution in [-0.2, 0) is 13.3 Å². The number of azide groups is 2. The van der Waals surface area contributed by atoms with Gasteiger partial charge in [-0.15, -0.1) is 0 Å². The SMILES string of the molecule is [N-]=[N+]=Nc1c([N+](=O)[O-])nn(CN(Cn2nc([N+](=O)[O-])c(N=[N+]=[N-])c2[N+](=O)[O-])[N+](=O)[O-])c1[N+](=O)[O-]. The molecule has 0 aliphatic rings. The van der Waals surface area contributed by atoms with Gasteiger partial charge in [-0.1, -0.05) is 0 Å². The molecule has 0 atom stereocenters. The van der Waals surface area contributed by atoms with Crippen molar-refractivity contribution in [3.8, 4) is 0 Å². The molecule has 0 saturated carbocycles. The first-order valence-corrected chi connectivity index (χ1v) is 7.73. The van der Waals surface area contributed by atoms with Gasteiger partial charge >= 0.3 is 23.3 Å². The molecule has 2 aromatic rings. The lowest BCUT2D eigenvalue weighted by atomic mass is 10.5. The molecule has 0 saturated heterocycles. The Morgan fingerprint density at radius 3 is 1.32 bits per heavy atom. The van der Waals surface area contributed by atoms with Gasteiger partial charge in [0.2, 0.25) is 11.4 Å². The zero-order valence-corrected chi connectivity index (χ0v) is 15.7. The first-order chi connectivity index (χ1) is 15.9. The fraction of sp³-hybridized carbons (Fsp3) is 0.250. The molecule has 0 radical (unpaired) electrons. The monoisotopic (exact) mass is 484 g/mol. The van der Waals surface area contributed by atoms with E-state index in [2.05, 4.69) is 30.2 Å². The highest BCUT2D eigenvalue weighted by Crippen LogP contribution is 2.38. The van der Waals surface area contributed by atoms with Crippen LogP contribution >= 0.6 is 0 Å². The van der Waals surface area contributed by atoms with Crippen molar-refractivity contribution in [2.75, 3.05) is 0 Å². The molecule has 0 amide bonds. The summed E-state index contributed by atoms with van der Waals surface area (Å²) in [6, 6.07) is 0. The second-order valence-corrected chi connectivity index (χ2v) is 5.43. The molecule has 0 spiro atoms. The van der Waals surface area contributed by atoms with E-state index < -0.39 is 72.7 Å². The molecule has 2 heterocycles. The number of nitrogens with zero attached hydrogens (tertiary/aromatic N) is 16. The van der Waals surface area contributed by atoms with E-state index in [0.717, 1.165) is 0 Å². The van der Waals surface area contributed by atoms with Gasteiger partial charge in [0.15, 0.2) is 15.2 Å². The van der Waals surface area contributed by atoms with Gasteiger partial charge in [-0.3, -0.25) is 0 Å². The minimum atomic E-state index is -1.34. The highest BCUT2D eigenvalue weighted by molar-refractivity contribution is 5.65. The van der Waals surface area contributed by atoms with E-state index in [1.807, 2.05) is 0 Å². The van der Waals surface area contributed by atoms with Crippen LogP contribution in [0.5, 0.6) is 0 Å². The van der Waals surface area contributed by atoms with Gasteiger partial charge in [-0.05, 0) is 55.4 Å². The number of hydrogen-bond acceptors (Lipinski definition) is 14. The van der Waals surface area contributed by atoms with E-state index in [9.17, 15) is 50.6 Å². The van der Waals surface area contributed by atoms with Crippen LogP contribution in [0, 0.1) is 50.6 Å². The number of hydrazine groups is 1. The maximum atomic E-state index is 11.5. The van der Waals surface area contributed by atoms with Crippen molar-refractivity contribution in [3.63, 3.8) is 0 Å². The lowest BCUT2D eigenvalue weighted by molar-refractivity contribution is -0.671. The normalized spacial score (nSPS) is 10.0. The predicted octanol–water partition coefficient (Wildman–Crippen LogP) is 1.70. The third kappa shape index (κ3) is 4.45. The third-order valence-corrected chi connectivity index (χ3v) is 3.57. The largest absolute Gasteiger partial charge is 0.430 e. The molecule has 0 aromatic carbocycles. The molecule has 34 heavy (non-hydrogen) atoms. The first kappa shape index (κ1) is 24.1. The molecule has 2 rings (SSSR count). The predicted molar refractivity (Wildman–Crippen MR) is 97.5 cm³/mol. The summed E-state index contributed by atoms with van der Waals surface area (Å²) in [5.41, 5.74) is 14.6. The molecule has 26 nitrogen and oxygen atoms in total. The molecule has 0 unspecified atom stereocenters. The molecule has 0 bridgehead atoms. The van der Waals surface area contributed by atoms with Gasteiger partial charge < -0.3 is 40.5 Å². The Morgan fingerprint density at radius 1 is 0.735 bits per heavy atom. The van der Waals surface area contributed by atoms with Crippen LogP contribution in [0.15, 0.2) is 10.2 Å². The smallest absolute Gasteiger partial charge is 0.358 e. The minimum absolute atomic E-state index is 0.0725. The van der Waals surface area contributed by atoms with Crippen molar-refractivity contribution in [1.82, 2.24) is 24.6 Å². The molecule has 176 valence electrons. The standard InChI is InChI=1S/C8H4N16O10/c9-15-11-3-5(20(25)26)13-18(7(3)22(29)30)1-17(24(33)34)2-19-8(23(31)32)4(12-16-10)6(14-19)21(27)28/h1-2H2. The summed E-state index contributed by atoms with van der Waals surface area (Å²) in [7, 11) is 0. The fourth-order valence-electron chi connectivity index (χ4n) is 2.39. The van der Waals surface area contributed by atoms with Gasteiger partial charge in [-0.25, -0.2) is 10.1 Å². The van der Waals surface area contributed by atoms with Crippen molar-refractivity contribution >= 4 is 34.6 Å². The highest BCUT2D eigenvalue weighted by atomic mass is 16.7. The van der Waals surface area contributed by atoms with Crippen LogP contribution in [0.4, 0.5) is 34.6 Å². The molecule has 0 N–H and O–H groups in total. The second-order valence-electron chi connectivity index (χ2n) is 5.43. The van der Waals surface area contributed by atoms with E-state index in [4.69, 9.17) is 11.1 Å². The number of aromatic nitrogens is 4. The summed E-state index contributed by atoms with van der Waals surface area (Å²) in [4.78, 5) is 55.4. The maximum absolute atomic E-state index is 11.5.